The van der Waals surface area contributed by atoms with Crippen molar-refractivity contribution in [2.75, 3.05) is 43.4 Å². The minimum absolute atomic E-state index is 0.240. The number of hydrogen-bond acceptors (Lipinski definition) is 5. The van der Waals surface area contributed by atoms with Gasteiger partial charge in [-0.15, -0.1) is 0 Å². The lowest BCUT2D eigenvalue weighted by Gasteiger charge is -2.35. The van der Waals surface area contributed by atoms with E-state index < -0.39 is 0 Å². The second-order valence-electron chi connectivity index (χ2n) is 4.08. The van der Waals surface area contributed by atoms with E-state index in [1.54, 1.807) is 11.1 Å². The standard InChI is InChI=1S/C12H18N4O2/c1-2-18-12(17)16-8-6-15(7-9-16)10-4-3-5-14-11(10)13/h3-5H,2,6-9H2,1H3,(H2,13,14). The second kappa shape index (κ2) is 5.57. The summed E-state index contributed by atoms with van der Waals surface area (Å²) < 4.78 is 4.98. The van der Waals surface area contributed by atoms with Gasteiger partial charge in [-0.3, -0.25) is 0 Å². The van der Waals surface area contributed by atoms with Crippen molar-refractivity contribution in [2.24, 2.45) is 0 Å². The lowest BCUT2D eigenvalue weighted by molar-refractivity contribution is 0.105. The molecule has 98 valence electrons. The smallest absolute Gasteiger partial charge is 0.409 e. The highest BCUT2D eigenvalue weighted by Crippen LogP contribution is 2.21. The van der Waals surface area contributed by atoms with Gasteiger partial charge in [0.15, 0.2) is 0 Å². The van der Waals surface area contributed by atoms with Crippen LogP contribution in [-0.4, -0.2) is 48.8 Å². The summed E-state index contributed by atoms with van der Waals surface area (Å²) in [5.41, 5.74) is 6.77. The lowest BCUT2D eigenvalue weighted by Crippen LogP contribution is -2.49. The Balaban J connectivity index is 1.95. The molecule has 1 aromatic rings. The molecule has 2 rings (SSSR count). The average Bonchev–Trinajstić information content (AvgIpc) is 2.40. The quantitative estimate of drug-likeness (QED) is 0.845. The number of hydrogen-bond donors (Lipinski definition) is 1. The first-order chi connectivity index (χ1) is 8.72. The Hall–Kier alpha value is -1.98. The van der Waals surface area contributed by atoms with Crippen molar-refractivity contribution in [3.05, 3.63) is 18.3 Å². The predicted molar refractivity (Wildman–Crippen MR) is 69.5 cm³/mol. The molecule has 0 aromatic carbocycles. The average molecular weight is 250 g/mol. The van der Waals surface area contributed by atoms with E-state index in [0.717, 1.165) is 18.8 Å². The molecule has 6 nitrogen and oxygen atoms in total. The van der Waals surface area contributed by atoms with Crippen LogP contribution in [0.5, 0.6) is 0 Å². The van der Waals surface area contributed by atoms with Crippen LogP contribution in [0.25, 0.3) is 0 Å². The molecule has 1 saturated heterocycles. The zero-order valence-electron chi connectivity index (χ0n) is 10.5. The molecule has 1 amide bonds. The number of ether oxygens (including phenoxy) is 1. The van der Waals surface area contributed by atoms with Gasteiger partial charge in [0, 0.05) is 32.4 Å². The van der Waals surface area contributed by atoms with Crippen LogP contribution in [0.4, 0.5) is 16.3 Å². The van der Waals surface area contributed by atoms with E-state index in [1.165, 1.54) is 0 Å². The first-order valence-electron chi connectivity index (χ1n) is 6.09. The third kappa shape index (κ3) is 2.64. The molecular formula is C12H18N4O2. The molecule has 1 aliphatic rings. The monoisotopic (exact) mass is 250 g/mol. The number of carbonyl (C=O) groups is 1. The summed E-state index contributed by atoms with van der Waals surface area (Å²) in [6.07, 6.45) is 1.43. The fourth-order valence-corrected chi connectivity index (χ4v) is 2.02. The van der Waals surface area contributed by atoms with E-state index in [1.807, 2.05) is 19.1 Å². The molecule has 0 spiro atoms. The minimum Gasteiger partial charge on any atom is -0.450 e. The highest BCUT2D eigenvalue weighted by Gasteiger charge is 2.22. The number of nitrogens with two attached hydrogens (primary N) is 1. The number of aromatic nitrogens is 1. The number of nitrogens with zero attached hydrogens (tertiary/aromatic N) is 3. The van der Waals surface area contributed by atoms with Crippen LogP contribution in [0.15, 0.2) is 18.3 Å². The van der Waals surface area contributed by atoms with Crippen LogP contribution in [0.1, 0.15) is 6.92 Å². The summed E-state index contributed by atoms with van der Waals surface area (Å²) in [7, 11) is 0. The van der Waals surface area contributed by atoms with Gasteiger partial charge < -0.3 is 20.3 Å². The number of nitrogen functional groups attached to an aromatic ring is 1. The fourth-order valence-electron chi connectivity index (χ4n) is 2.02. The zero-order valence-corrected chi connectivity index (χ0v) is 10.5. The van der Waals surface area contributed by atoms with Crippen LogP contribution in [0.3, 0.4) is 0 Å². The van der Waals surface area contributed by atoms with Gasteiger partial charge in [-0.2, -0.15) is 0 Å². The number of piperazine rings is 1. The first kappa shape index (κ1) is 12.5. The van der Waals surface area contributed by atoms with Crippen molar-refractivity contribution in [1.29, 1.82) is 0 Å². The Bertz CT molecular complexity index is 416. The van der Waals surface area contributed by atoms with Crippen molar-refractivity contribution in [1.82, 2.24) is 9.88 Å². The predicted octanol–water partition coefficient (Wildman–Crippen LogP) is 0.942. The Morgan fingerprint density at radius 1 is 1.44 bits per heavy atom. The Labute approximate surface area is 106 Å². The summed E-state index contributed by atoms with van der Waals surface area (Å²) in [6.45, 7) is 5.00. The highest BCUT2D eigenvalue weighted by molar-refractivity contribution is 5.69. The normalized spacial score (nSPS) is 15.6. The van der Waals surface area contributed by atoms with Gasteiger partial charge in [-0.1, -0.05) is 0 Å². The van der Waals surface area contributed by atoms with E-state index in [2.05, 4.69) is 9.88 Å². The number of pyridine rings is 1. The molecular weight excluding hydrogens is 232 g/mol. The van der Waals surface area contributed by atoms with Crippen molar-refractivity contribution < 1.29 is 9.53 Å². The van der Waals surface area contributed by atoms with Crippen LogP contribution in [-0.2, 0) is 4.74 Å². The van der Waals surface area contributed by atoms with Gasteiger partial charge in [0.05, 0.1) is 12.3 Å². The molecule has 1 fully saturated rings. The van der Waals surface area contributed by atoms with Gasteiger partial charge in [-0.05, 0) is 19.1 Å². The van der Waals surface area contributed by atoms with E-state index >= 15 is 0 Å². The molecule has 0 atom stereocenters. The number of carbonyl (C=O) groups excluding carboxylic acids is 1. The first-order valence-corrected chi connectivity index (χ1v) is 6.09. The summed E-state index contributed by atoms with van der Waals surface area (Å²) in [5.74, 6) is 0.530. The molecule has 0 bridgehead atoms. The summed E-state index contributed by atoms with van der Waals surface area (Å²) in [6, 6.07) is 3.81. The van der Waals surface area contributed by atoms with Gasteiger partial charge in [0.25, 0.3) is 0 Å². The van der Waals surface area contributed by atoms with Gasteiger partial charge in [-0.25, -0.2) is 9.78 Å². The summed E-state index contributed by atoms with van der Waals surface area (Å²) >= 11 is 0. The van der Waals surface area contributed by atoms with Crippen molar-refractivity contribution in [2.45, 2.75) is 6.92 Å². The molecule has 1 aromatic heterocycles. The molecule has 0 radical (unpaired) electrons. The van der Waals surface area contributed by atoms with E-state index in [4.69, 9.17) is 10.5 Å². The lowest BCUT2D eigenvalue weighted by atomic mass is 10.2. The third-order valence-electron chi connectivity index (χ3n) is 2.96. The van der Waals surface area contributed by atoms with E-state index in [9.17, 15) is 4.79 Å². The van der Waals surface area contributed by atoms with Crippen LogP contribution >= 0.6 is 0 Å². The SMILES string of the molecule is CCOC(=O)N1CCN(c2cccnc2N)CC1. The number of amides is 1. The molecule has 2 N–H and O–H groups in total. The molecule has 0 aliphatic carbocycles. The van der Waals surface area contributed by atoms with Crippen LogP contribution in [0.2, 0.25) is 0 Å². The maximum Gasteiger partial charge on any atom is 0.409 e. The third-order valence-corrected chi connectivity index (χ3v) is 2.96. The molecule has 0 unspecified atom stereocenters. The fraction of sp³-hybridized carbons (Fsp3) is 0.500. The Morgan fingerprint density at radius 3 is 2.78 bits per heavy atom. The molecule has 6 heteroatoms. The van der Waals surface area contributed by atoms with Crippen molar-refractivity contribution in [3.63, 3.8) is 0 Å². The minimum atomic E-state index is -0.240. The Kier molecular flexibility index (Phi) is 3.86. The van der Waals surface area contributed by atoms with Crippen molar-refractivity contribution in [3.8, 4) is 0 Å². The summed E-state index contributed by atoms with van der Waals surface area (Å²) in [5, 5.41) is 0. The van der Waals surface area contributed by atoms with Crippen LogP contribution < -0.4 is 10.6 Å². The number of rotatable bonds is 2. The highest BCUT2D eigenvalue weighted by atomic mass is 16.6. The molecule has 2 heterocycles. The van der Waals surface area contributed by atoms with Crippen LogP contribution in [0, 0.1) is 0 Å². The van der Waals surface area contributed by atoms with E-state index in [0.29, 0.717) is 25.5 Å². The van der Waals surface area contributed by atoms with Gasteiger partial charge in [0.2, 0.25) is 0 Å². The molecule has 0 saturated carbocycles. The largest absolute Gasteiger partial charge is 0.450 e. The summed E-state index contributed by atoms with van der Waals surface area (Å²) in [4.78, 5) is 19.5. The topological polar surface area (TPSA) is 71.7 Å². The van der Waals surface area contributed by atoms with Gasteiger partial charge >= 0.3 is 6.09 Å². The zero-order chi connectivity index (χ0) is 13.0. The van der Waals surface area contributed by atoms with Gasteiger partial charge in [0.1, 0.15) is 5.82 Å². The van der Waals surface area contributed by atoms with Crippen molar-refractivity contribution >= 4 is 17.6 Å². The number of anilines is 2. The second-order valence-corrected chi connectivity index (χ2v) is 4.08. The Morgan fingerprint density at radius 2 is 2.17 bits per heavy atom. The molecule has 1 aliphatic heterocycles. The maximum atomic E-state index is 11.6. The van der Waals surface area contributed by atoms with E-state index in [-0.39, 0.29) is 6.09 Å². The molecule has 18 heavy (non-hydrogen) atoms. The maximum absolute atomic E-state index is 11.6.